The van der Waals surface area contributed by atoms with Gasteiger partial charge in [-0.2, -0.15) is 0 Å². The lowest BCUT2D eigenvalue weighted by Gasteiger charge is -2.33. The predicted molar refractivity (Wildman–Crippen MR) is 122 cm³/mol. The van der Waals surface area contributed by atoms with Crippen LogP contribution in [0.25, 0.3) is 0 Å². The Balaban J connectivity index is 1.59. The number of carbonyl (C=O) groups is 3. The molecule has 7 nitrogen and oxygen atoms in total. The van der Waals surface area contributed by atoms with Crippen LogP contribution >= 0.6 is 11.6 Å². The molecule has 3 rings (SSSR count). The van der Waals surface area contributed by atoms with Crippen molar-refractivity contribution in [3.63, 3.8) is 0 Å². The standard InChI is InChI=1S/C24H27ClN2O5/c1-24(2,23(31)27-20-6-4-3-5-19(20)22(29)30)32-18-13-11-17(12-14-18)26-21(28)15-7-9-16(25)10-8-15/h7-14,19-20H,3-6H2,1-2H3,(H,26,28)(H,27,31)(H,29,30). The number of carbonyl (C=O) groups excluding carboxylic acids is 2. The first-order chi connectivity index (χ1) is 15.2. The molecule has 2 aromatic carbocycles. The number of carboxylic acids is 1. The van der Waals surface area contributed by atoms with E-state index in [2.05, 4.69) is 10.6 Å². The fourth-order valence-electron chi connectivity index (χ4n) is 3.69. The first-order valence-corrected chi connectivity index (χ1v) is 10.9. The van der Waals surface area contributed by atoms with E-state index in [1.54, 1.807) is 62.4 Å². The van der Waals surface area contributed by atoms with E-state index in [0.29, 0.717) is 34.9 Å². The molecule has 1 aliphatic rings. The van der Waals surface area contributed by atoms with Crippen LogP contribution in [0.15, 0.2) is 48.5 Å². The summed E-state index contributed by atoms with van der Waals surface area (Å²) < 4.78 is 5.87. The van der Waals surface area contributed by atoms with Gasteiger partial charge in [-0.1, -0.05) is 24.4 Å². The lowest BCUT2D eigenvalue weighted by Crippen LogP contribution is -2.53. The van der Waals surface area contributed by atoms with Crippen molar-refractivity contribution in [2.24, 2.45) is 5.92 Å². The molecule has 2 atom stereocenters. The molecule has 0 radical (unpaired) electrons. The minimum Gasteiger partial charge on any atom is -0.481 e. The maximum Gasteiger partial charge on any atom is 0.308 e. The van der Waals surface area contributed by atoms with E-state index in [1.165, 1.54) is 0 Å². The highest BCUT2D eigenvalue weighted by molar-refractivity contribution is 6.30. The maximum atomic E-state index is 12.8. The number of rotatable bonds is 7. The Labute approximate surface area is 192 Å². The van der Waals surface area contributed by atoms with E-state index in [4.69, 9.17) is 16.3 Å². The van der Waals surface area contributed by atoms with Gasteiger partial charge >= 0.3 is 5.97 Å². The molecule has 2 aromatic rings. The molecular formula is C24H27ClN2O5. The van der Waals surface area contributed by atoms with Crippen molar-refractivity contribution in [2.75, 3.05) is 5.32 Å². The van der Waals surface area contributed by atoms with Gasteiger partial charge in [-0.05, 0) is 75.2 Å². The number of benzene rings is 2. The van der Waals surface area contributed by atoms with Gasteiger partial charge in [-0.15, -0.1) is 0 Å². The van der Waals surface area contributed by atoms with E-state index in [0.717, 1.165) is 12.8 Å². The van der Waals surface area contributed by atoms with E-state index in [9.17, 15) is 19.5 Å². The molecule has 0 aromatic heterocycles. The summed E-state index contributed by atoms with van der Waals surface area (Å²) in [4.78, 5) is 36.6. The second kappa shape index (κ2) is 10.0. The molecule has 0 spiro atoms. The van der Waals surface area contributed by atoms with Gasteiger partial charge < -0.3 is 20.5 Å². The highest BCUT2D eigenvalue weighted by Gasteiger charge is 2.37. The van der Waals surface area contributed by atoms with Crippen LogP contribution in [0.5, 0.6) is 5.75 Å². The van der Waals surface area contributed by atoms with Crippen LogP contribution in [0.1, 0.15) is 49.9 Å². The second-order valence-corrected chi connectivity index (χ2v) is 8.84. The van der Waals surface area contributed by atoms with Crippen molar-refractivity contribution in [2.45, 2.75) is 51.2 Å². The molecule has 0 heterocycles. The van der Waals surface area contributed by atoms with E-state index in [-0.39, 0.29) is 11.8 Å². The number of aliphatic carboxylic acids is 1. The average Bonchev–Trinajstić information content (AvgIpc) is 2.75. The Kier molecular flexibility index (Phi) is 7.40. The summed E-state index contributed by atoms with van der Waals surface area (Å²) in [6.07, 6.45) is 2.94. The van der Waals surface area contributed by atoms with Gasteiger partial charge in [0.15, 0.2) is 5.60 Å². The Morgan fingerprint density at radius 3 is 2.25 bits per heavy atom. The number of hydrogen-bond donors (Lipinski definition) is 3. The number of carboxylic acid groups (broad SMARTS) is 1. The average molecular weight is 459 g/mol. The fourth-order valence-corrected chi connectivity index (χ4v) is 3.82. The summed E-state index contributed by atoms with van der Waals surface area (Å²) in [5.74, 6) is -1.64. The third-order valence-corrected chi connectivity index (χ3v) is 5.79. The minimum absolute atomic E-state index is 0.268. The Bertz CT molecular complexity index is 973. The van der Waals surface area contributed by atoms with Crippen molar-refractivity contribution in [1.82, 2.24) is 5.32 Å². The molecule has 8 heteroatoms. The monoisotopic (exact) mass is 458 g/mol. The van der Waals surface area contributed by atoms with Gasteiger partial charge in [0.05, 0.1) is 5.92 Å². The minimum atomic E-state index is -1.20. The molecule has 0 bridgehead atoms. The molecular weight excluding hydrogens is 432 g/mol. The summed E-state index contributed by atoms with van der Waals surface area (Å²) >= 11 is 5.84. The molecule has 170 valence electrons. The second-order valence-electron chi connectivity index (χ2n) is 8.41. The van der Waals surface area contributed by atoms with E-state index in [1.807, 2.05) is 0 Å². The number of anilines is 1. The van der Waals surface area contributed by atoms with Crippen LogP contribution in [-0.4, -0.2) is 34.5 Å². The zero-order chi connectivity index (χ0) is 23.3. The van der Waals surface area contributed by atoms with Crippen molar-refractivity contribution in [3.8, 4) is 5.75 Å². The van der Waals surface area contributed by atoms with Crippen molar-refractivity contribution in [3.05, 3.63) is 59.1 Å². The lowest BCUT2D eigenvalue weighted by molar-refractivity contribution is -0.145. The van der Waals surface area contributed by atoms with Crippen LogP contribution in [-0.2, 0) is 9.59 Å². The molecule has 1 saturated carbocycles. The SMILES string of the molecule is CC(C)(Oc1ccc(NC(=O)c2ccc(Cl)cc2)cc1)C(=O)NC1CCCCC1C(=O)O. The third kappa shape index (κ3) is 6.01. The summed E-state index contributed by atoms with van der Waals surface area (Å²) in [7, 11) is 0. The Hall–Kier alpha value is -3.06. The Morgan fingerprint density at radius 2 is 1.62 bits per heavy atom. The van der Waals surface area contributed by atoms with Gasteiger partial charge in [-0.25, -0.2) is 0 Å². The number of amides is 2. The molecule has 2 amide bonds. The Morgan fingerprint density at radius 1 is 1.00 bits per heavy atom. The highest BCUT2D eigenvalue weighted by atomic mass is 35.5. The quantitative estimate of drug-likeness (QED) is 0.566. The lowest BCUT2D eigenvalue weighted by atomic mass is 9.84. The van der Waals surface area contributed by atoms with Gasteiger partial charge in [-0.3, -0.25) is 14.4 Å². The number of nitrogens with one attached hydrogen (secondary N) is 2. The fraction of sp³-hybridized carbons (Fsp3) is 0.375. The summed E-state index contributed by atoms with van der Waals surface area (Å²) in [6.45, 7) is 3.27. The third-order valence-electron chi connectivity index (χ3n) is 5.54. The van der Waals surface area contributed by atoms with Crippen molar-refractivity contribution < 1.29 is 24.2 Å². The van der Waals surface area contributed by atoms with Crippen molar-refractivity contribution in [1.29, 1.82) is 0 Å². The molecule has 3 N–H and O–H groups in total. The van der Waals surface area contributed by atoms with Crippen LogP contribution in [0.4, 0.5) is 5.69 Å². The van der Waals surface area contributed by atoms with E-state index >= 15 is 0 Å². The summed E-state index contributed by atoms with van der Waals surface area (Å²) in [6, 6.07) is 12.8. The smallest absolute Gasteiger partial charge is 0.308 e. The number of halogens is 1. The molecule has 0 saturated heterocycles. The predicted octanol–water partition coefficient (Wildman–Crippen LogP) is 4.51. The first kappa shape index (κ1) is 23.6. The highest BCUT2D eigenvalue weighted by Crippen LogP contribution is 2.26. The maximum absolute atomic E-state index is 12.8. The van der Waals surface area contributed by atoms with Crippen LogP contribution in [0.2, 0.25) is 5.02 Å². The zero-order valence-corrected chi connectivity index (χ0v) is 18.8. The number of ether oxygens (including phenoxy) is 1. The van der Waals surface area contributed by atoms with Gasteiger partial charge in [0.2, 0.25) is 0 Å². The zero-order valence-electron chi connectivity index (χ0n) is 18.1. The van der Waals surface area contributed by atoms with Crippen LogP contribution in [0.3, 0.4) is 0 Å². The normalized spacial score (nSPS) is 18.5. The molecule has 32 heavy (non-hydrogen) atoms. The number of hydrogen-bond acceptors (Lipinski definition) is 4. The largest absolute Gasteiger partial charge is 0.481 e. The molecule has 0 aliphatic heterocycles. The summed E-state index contributed by atoms with van der Waals surface area (Å²) in [5.41, 5.74) is -0.143. The topological polar surface area (TPSA) is 105 Å². The van der Waals surface area contributed by atoms with E-state index < -0.39 is 23.5 Å². The summed E-state index contributed by atoms with van der Waals surface area (Å²) in [5, 5.41) is 15.6. The van der Waals surface area contributed by atoms with Gasteiger partial charge in [0.1, 0.15) is 5.75 Å². The molecule has 1 aliphatic carbocycles. The van der Waals surface area contributed by atoms with Gasteiger partial charge in [0.25, 0.3) is 11.8 Å². The first-order valence-electron chi connectivity index (χ1n) is 10.6. The van der Waals surface area contributed by atoms with Crippen molar-refractivity contribution >= 4 is 35.1 Å². The van der Waals surface area contributed by atoms with Crippen LogP contribution < -0.4 is 15.4 Å². The molecule has 1 fully saturated rings. The van der Waals surface area contributed by atoms with Gasteiger partial charge in [0, 0.05) is 22.3 Å². The molecule has 2 unspecified atom stereocenters. The van der Waals surface area contributed by atoms with Crippen LogP contribution in [0, 0.1) is 5.92 Å².